The van der Waals surface area contributed by atoms with Gasteiger partial charge in [0.2, 0.25) is 11.9 Å². The van der Waals surface area contributed by atoms with Crippen LogP contribution in [0.4, 0.5) is 11.6 Å². The molecule has 31 heavy (non-hydrogen) atoms. The average molecular weight is 439 g/mol. The molecule has 2 aromatic heterocycles. The number of carbonyl (C=O) groups excluding carboxylic acids is 2. The Morgan fingerprint density at radius 3 is 2.42 bits per heavy atom. The molecule has 0 bridgehead atoms. The summed E-state index contributed by atoms with van der Waals surface area (Å²) in [5.74, 6) is 0.741. The molecule has 1 saturated heterocycles. The third-order valence-corrected chi connectivity index (χ3v) is 5.85. The molecule has 10 nitrogen and oxygen atoms in total. The van der Waals surface area contributed by atoms with Gasteiger partial charge in [-0.25, -0.2) is 9.97 Å². The molecule has 3 heterocycles. The van der Waals surface area contributed by atoms with Crippen LogP contribution in [0.5, 0.6) is 0 Å². The van der Waals surface area contributed by atoms with E-state index >= 15 is 0 Å². The predicted octanol–water partition coefficient (Wildman–Crippen LogP) is 1.30. The van der Waals surface area contributed by atoms with Crippen LogP contribution in [-0.4, -0.2) is 73.4 Å². The molecule has 11 heteroatoms. The molecule has 0 spiro atoms. The predicted molar refractivity (Wildman–Crippen MR) is 117 cm³/mol. The lowest BCUT2D eigenvalue weighted by Crippen LogP contribution is -2.49. The van der Waals surface area contributed by atoms with Crippen LogP contribution in [0.2, 0.25) is 0 Å². The zero-order valence-electron chi connectivity index (χ0n) is 17.0. The molecule has 1 aromatic carbocycles. The molecule has 1 N–H and O–H groups in total. The smallest absolute Gasteiger partial charge is 0.253 e. The number of rotatable bonds is 6. The van der Waals surface area contributed by atoms with Gasteiger partial charge in [0.25, 0.3) is 5.91 Å². The van der Waals surface area contributed by atoms with E-state index in [1.165, 1.54) is 11.8 Å². The van der Waals surface area contributed by atoms with Gasteiger partial charge in [-0.15, -0.1) is 10.2 Å². The zero-order chi connectivity index (χ0) is 21.6. The third kappa shape index (κ3) is 5.18. The maximum atomic E-state index is 12.8. The van der Waals surface area contributed by atoms with Crippen LogP contribution < -0.4 is 10.2 Å². The van der Waals surface area contributed by atoms with Gasteiger partial charge in [0.1, 0.15) is 6.33 Å². The fourth-order valence-corrected chi connectivity index (χ4v) is 3.86. The molecule has 0 atom stereocenters. The second kappa shape index (κ2) is 9.56. The maximum absolute atomic E-state index is 12.8. The standard InChI is InChI=1S/C20H22N8O2S/c1-26-14-23-25-20(26)31-13-17(29)24-16-5-3-15(4-6-16)18(30)27-9-11-28(12-10-27)19-21-7-2-8-22-19/h2-8,14H,9-13H2,1H3,(H,24,29). The highest BCUT2D eigenvalue weighted by molar-refractivity contribution is 7.99. The number of hydrogen-bond donors (Lipinski definition) is 1. The first-order valence-corrected chi connectivity index (χ1v) is 10.8. The van der Waals surface area contributed by atoms with Crippen molar-refractivity contribution < 1.29 is 9.59 Å². The van der Waals surface area contributed by atoms with E-state index in [9.17, 15) is 9.59 Å². The maximum Gasteiger partial charge on any atom is 0.253 e. The van der Waals surface area contributed by atoms with Crippen LogP contribution in [-0.2, 0) is 11.8 Å². The number of nitrogens with zero attached hydrogens (tertiary/aromatic N) is 7. The molecule has 0 unspecified atom stereocenters. The molecule has 1 aliphatic heterocycles. The van der Waals surface area contributed by atoms with Gasteiger partial charge >= 0.3 is 0 Å². The molecule has 160 valence electrons. The van der Waals surface area contributed by atoms with Crippen molar-refractivity contribution in [1.29, 1.82) is 0 Å². The first-order valence-electron chi connectivity index (χ1n) is 9.78. The number of aryl methyl sites for hydroxylation is 1. The molecular weight excluding hydrogens is 416 g/mol. The number of benzene rings is 1. The first-order chi connectivity index (χ1) is 15.1. The summed E-state index contributed by atoms with van der Waals surface area (Å²) in [4.78, 5) is 37.4. The summed E-state index contributed by atoms with van der Waals surface area (Å²) in [7, 11) is 1.82. The molecular formula is C20H22N8O2S. The van der Waals surface area contributed by atoms with Crippen molar-refractivity contribution in [3.8, 4) is 0 Å². The van der Waals surface area contributed by atoms with Gasteiger partial charge in [0.05, 0.1) is 5.75 Å². The summed E-state index contributed by atoms with van der Waals surface area (Å²) in [5, 5.41) is 11.2. The highest BCUT2D eigenvalue weighted by Gasteiger charge is 2.23. The largest absolute Gasteiger partial charge is 0.337 e. The van der Waals surface area contributed by atoms with E-state index in [1.54, 1.807) is 53.6 Å². The van der Waals surface area contributed by atoms with E-state index < -0.39 is 0 Å². The Balaban J connectivity index is 1.27. The number of amides is 2. The van der Waals surface area contributed by atoms with E-state index in [0.717, 1.165) is 0 Å². The Morgan fingerprint density at radius 2 is 1.77 bits per heavy atom. The number of anilines is 2. The molecule has 0 radical (unpaired) electrons. The molecule has 4 rings (SSSR count). The fourth-order valence-electron chi connectivity index (χ4n) is 3.17. The summed E-state index contributed by atoms with van der Waals surface area (Å²) in [5.41, 5.74) is 1.24. The monoisotopic (exact) mass is 438 g/mol. The van der Waals surface area contributed by atoms with Crippen LogP contribution in [0, 0.1) is 0 Å². The molecule has 1 aliphatic rings. The van der Waals surface area contributed by atoms with Gasteiger partial charge in [-0.3, -0.25) is 9.59 Å². The lowest BCUT2D eigenvalue weighted by atomic mass is 10.1. The number of aromatic nitrogens is 5. The summed E-state index contributed by atoms with van der Waals surface area (Å²) >= 11 is 1.31. The molecule has 1 fully saturated rings. The molecule has 0 aliphatic carbocycles. The number of thioether (sulfide) groups is 1. The van der Waals surface area contributed by atoms with Crippen molar-refractivity contribution in [3.05, 3.63) is 54.6 Å². The lowest BCUT2D eigenvalue weighted by Gasteiger charge is -2.34. The number of hydrogen-bond acceptors (Lipinski definition) is 8. The summed E-state index contributed by atoms with van der Waals surface area (Å²) in [6.07, 6.45) is 5.02. The summed E-state index contributed by atoms with van der Waals surface area (Å²) in [6, 6.07) is 8.74. The summed E-state index contributed by atoms with van der Waals surface area (Å²) in [6.45, 7) is 2.59. The third-order valence-electron chi connectivity index (χ3n) is 4.82. The van der Waals surface area contributed by atoms with Gasteiger partial charge < -0.3 is 19.7 Å². The number of nitrogens with one attached hydrogen (secondary N) is 1. The molecule has 3 aromatic rings. The fraction of sp³-hybridized carbons (Fsp3) is 0.300. The topological polar surface area (TPSA) is 109 Å². The van der Waals surface area contributed by atoms with Crippen LogP contribution in [0.25, 0.3) is 0 Å². The van der Waals surface area contributed by atoms with Crippen molar-refractivity contribution in [3.63, 3.8) is 0 Å². The quantitative estimate of drug-likeness (QED) is 0.574. The van der Waals surface area contributed by atoms with Crippen molar-refractivity contribution in [2.24, 2.45) is 7.05 Å². The Morgan fingerprint density at radius 1 is 1.06 bits per heavy atom. The minimum atomic E-state index is -0.147. The van der Waals surface area contributed by atoms with E-state index in [-0.39, 0.29) is 17.6 Å². The van der Waals surface area contributed by atoms with Crippen molar-refractivity contribution in [2.45, 2.75) is 5.16 Å². The average Bonchev–Trinajstić information content (AvgIpc) is 3.23. The Hall–Kier alpha value is -3.47. The Bertz CT molecular complexity index is 1030. The second-order valence-electron chi connectivity index (χ2n) is 6.97. The minimum absolute atomic E-state index is 0.0238. The van der Waals surface area contributed by atoms with Gasteiger partial charge in [-0.2, -0.15) is 0 Å². The van der Waals surface area contributed by atoms with Crippen molar-refractivity contribution in [2.75, 3.05) is 42.1 Å². The minimum Gasteiger partial charge on any atom is -0.337 e. The van der Waals surface area contributed by atoms with Gasteiger partial charge in [-0.1, -0.05) is 11.8 Å². The number of carbonyl (C=O) groups is 2. The van der Waals surface area contributed by atoms with Crippen molar-refractivity contribution in [1.82, 2.24) is 29.6 Å². The van der Waals surface area contributed by atoms with Gasteiger partial charge in [0, 0.05) is 56.9 Å². The Labute approximate surface area is 183 Å². The zero-order valence-corrected chi connectivity index (χ0v) is 17.8. The van der Waals surface area contributed by atoms with Crippen LogP contribution in [0.1, 0.15) is 10.4 Å². The normalized spacial score (nSPS) is 13.8. The highest BCUT2D eigenvalue weighted by atomic mass is 32.2. The highest BCUT2D eigenvalue weighted by Crippen LogP contribution is 2.17. The second-order valence-corrected chi connectivity index (χ2v) is 7.91. The Kier molecular flexibility index (Phi) is 6.41. The van der Waals surface area contributed by atoms with Crippen molar-refractivity contribution >= 4 is 35.2 Å². The first kappa shape index (κ1) is 20.8. The lowest BCUT2D eigenvalue weighted by molar-refractivity contribution is -0.113. The number of piperazine rings is 1. The van der Waals surface area contributed by atoms with E-state index in [0.29, 0.717) is 48.5 Å². The molecule has 0 saturated carbocycles. The van der Waals surface area contributed by atoms with E-state index in [2.05, 4.69) is 30.4 Å². The van der Waals surface area contributed by atoms with Crippen LogP contribution in [0.3, 0.4) is 0 Å². The van der Waals surface area contributed by atoms with Crippen LogP contribution in [0.15, 0.2) is 54.2 Å². The van der Waals surface area contributed by atoms with Gasteiger partial charge in [0.15, 0.2) is 5.16 Å². The SMILES string of the molecule is Cn1cnnc1SCC(=O)Nc1ccc(C(=O)N2CCN(c3ncccn3)CC2)cc1. The van der Waals surface area contributed by atoms with Crippen LogP contribution >= 0.6 is 11.8 Å². The van der Waals surface area contributed by atoms with E-state index in [1.807, 2.05) is 11.9 Å². The van der Waals surface area contributed by atoms with Gasteiger partial charge in [-0.05, 0) is 30.3 Å². The van der Waals surface area contributed by atoms with E-state index in [4.69, 9.17) is 0 Å². The molecule has 2 amide bonds. The summed E-state index contributed by atoms with van der Waals surface area (Å²) < 4.78 is 1.76.